The SMILES string of the molecule is COc1ccc2cc3[n+](cc2c1OCc1cn(-c2ccc(S(=O)(=O)Nc4nc(C)cc(C)n4)cc2)nn1)CCc1cc2c(cc1-3)OCO2. The van der Waals surface area contributed by atoms with E-state index in [1.807, 2.05) is 12.1 Å². The van der Waals surface area contributed by atoms with E-state index in [-0.39, 0.29) is 24.2 Å². The Labute approximate surface area is 275 Å². The van der Waals surface area contributed by atoms with Crippen molar-refractivity contribution in [2.24, 2.45) is 0 Å². The van der Waals surface area contributed by atoms with Crippen LogP contribution in [0, 0.1) is 13.8 Å². The van der Waals surface area contributed by atoms with Crippen molar-refractivity contribution in [1.82, 2.24) is 25.0 Å². The lowest BCUT2D eigenvalue weighted by Crippen LogP contribution is -2.40. The van der Waals surface area contributed by atoms with E-state index in [9.17, 15) is 8.42 Å². The van der Waals surface area contributed by atoms with Crippen LogP contribution >= 0.6 is 0 Å². The molecule has 0 radical (unpaired) electrons. The van der Waals surface area contributed by atoms with Crippen LogP contribution in [0.3, 0.4) is 0 Å². The lowest BCUT2D eigenvalue weighted by Gasteiger charge is -2.17. The number of sulfonamides is 1. The molecule has 5 heterocycles. The van der Waals surface area contributed by atoms with Gasteiger partial charge in [-0.05, 0) is 79.4 Å². The summed E-state index contributed by atoms with van der Waals surface area (Å²) in [7, 11) is -2.28. The quantitative estimate of drug-likeness (QED) is 0.232. The molecule has 0 aliphatic carbocycles. The van der Waals surface area contributed by atoms with E-state index >= 15 is 0 Å². The number of nitrogens with one attached hydrogen (secondary N) is 1. The van der Waals surface area contributed by atoms with Gasteiger partial charge in [0.25, 0.3) is 10.0 Å². The number of nitrogens with zero attached hydrogens (tertiary/aromatic N) is 6. The third-order valence-electron chi connectivity index (χ3n) is 8.32. The van der Waals surface area contributed by atoms with E-state index in [2.05, 4.69) is 54.0 Å². The number of fused-ring (bicyclic) bond motifs is 5. The van der Waals surface area contributed by atoms with Crippen LogP contribution in [0.15, 0.2) is 78.0 Å². The molecule has 8 rings (SSSR count). The minimum Gasteiger partial charge on any atom is -0.493 e. The third-order valence-corrected chi connectivity index (χ3v) is 9.67. The minimum absolute atomic E-state index is 0.0256. The van der Waals surface area contributed by atoms with Gasteiger partial charge in [-0.2, -0.15) is 4.57 Å². The molecule has 0 saturated carbocycles. The molecule has 48 heavy (non-hydrogen) atoms. The summed E-state index contributed by atoms with van der Waals surface area (Å²) in [6.45, 7) is 4.73. The summed E-state index contributed by atoms with van der Waals surface area (Å²) in [5.74, 6) is 2.79. The molecule has 0 amide bonds. The lowest BCUT2D eigenvalue weighted by atomic mass is 9.95. The van der Waals surface area contributed by atoms with Gasteiger partial charge in [-0.1, -0.05) is 5.21 Å². The van der Waals surface area contributed by atoms with Crippen molar-refractivity contribution >= 4 is 26.7 Å². The third kappa shape index (κ3) is 5.39. The van der Waals surface area contributed by atoms with Gasteiger partial charge in [0.15, 0.2) is 35.7 Å². The summed E-state index contributed by atoms with van der Waals surface area (Å²) in [5.41, 5.74) is 5.98. The first-order chi connectivity index (χ1) is 23.2. The highest BCUT2D eigenvalue weighted by Gasteiger charge is 2.29. The zero-order chi connectivity index (χ0) is 33.0. The molecule has 0 unspecified atom stereocenters. The molecule has 0 saturated heterocycles. The summed E-state index contributed by atoms with van der Waals surface area (Å²) in [5, 5.41) is 10.4. The molecule has 2 aliphatic heterocycles. The predicted octanol–water partition coefficient (Wildman–Crippen LogP) is 4.46. The maximum atomic E-state index is 13.0. The Hall–Kier alpha value is -5.76. The molecule has 6 aromatic rings. The fraction of sp³-hybridized carbons (Fsp3) is 0.206. The Morgan fingerprint density at radius 1 is 0.979 bits per heavy atom. The average molecular weight is 665 g/mol. The summed E-state index contributed by atoms with van der Waals surface area (Å²) < 4.78 is 55.4. The summed E-state index contributed by atoms with van der Waals surface area (Å²) in [4.78, 5) is 8.39. The molecule has 242 valence electrons. The molecule has 0 bridgehead atoms. The van der Waals surface area contributed by atoms with Crippen LogP contribution < -0.4 is 28.2 Å². The molecule has 1 N–H and O–H groups in total. The first-order valence-electron chi connectivity index (χ1n) is 15.2. The Morgan fingerprint density at radius 3 is 2.52 bits per heavy atom. The fourth-order valence-corrected chi connectivity index (χ4v) is 7.02. The van der Waals surface area contributed by atoms with Gasteiger partial charge in [-0.3, -0.25) is 0 Å². The minimum atomic E-state index is -3.89. The second-order valence-electron chi connectivity index (χ2n) is 11.6. The molecule has 0 atom stereocenters. The number of hydrogen-bond donors (Lipinski definition) is 1. The van der Waals surface area contributed by atoms with E-state index in [1.54, 1.807) is 50.0 Å². The highest BCUT2D eigenvalue weighted by Crippen LogP contribution is 2.42. The maximum absolute atomic E-state index is 13.0. The average Bonchev–Trinajstić information content (AvgIpc) is 3.74. The number of rotatable bonds is 8. The zero-order valence-electron chi connectivity index (χ0n) is 26.3. The highest BCUT2D eigenvalue weighted by molar-refractivity contribution is 7.92. The monoisotopic (exact) mass is 664 g/mol. The smallest absolute Gasteiger partial charge is 0.264 e. The van der Waals surface area contributed by atoms with Crippen molar-refractivity contribution in [3.8, 4) is 39.9 Å². The first-order valence-corrected chi connectivity index (χ1v) is 16.7. The van der Waals surface area contributed by atoms with Crippen LogP contribution in [0.5, 0.6) is 23.0 Å². The van der Waals surface area contributed by atoms with Crippen LogP contribution in [0.25, 0.3) is 27.7 Å². The number of pyridine rings is 1. The van der Waals surface area contributed by atoms with Gasteiger partial charge in [0.2, 0.25) is 18.4 Å². The Morgan fingerprint density at radius 2 is 1.75 bits per heavy atom. The van der Waals surface area contributed by atoms with Crippen LogP contribution in [0.1, 0.15) is 22.6 Å². The Kier molecular flexibility index (Phi) is 7.09. The standard InChI is InChI=1S/C34H30N7O6S/c1-20-12-21(2)36-34(35-20)38-48(42,43)26-7-5-25(6-8-26)41-16-24(37-39-41)18-45-33-28-17-40-11-10-23-14-31-32(47-19-46-31)15-27(23)29(40)13-22(28)4-9-30(33)44-3/h4-9,12-17H,10-11,18-19H2,1-3H3,(H,35,36,38)/q+1. The van der Waals surface area contributed by atoms with Crippen molar-refractivity contribution < 1.29 is 31.9 Å². The van der Waals surface area contributed by atoms with Crippen molar-refractivity contribution in [3.63, 3.8) is 0 Å². The van der Waals surface area contributed by atoms with Crippen LogP contribution in [0.4, 0.5) is 5.95 Å². The molecule has 0 fully saturated rings. The van der Waals surface area contributed by atoms with Crippen molar-refractivity contribution in [1.29, 1.82) is 0 Å². The van der Waals surface area contributed by atoms with E-state index in [0.717, 1.165) is 46.5 Å². The van der Waals surface area contributed by atoms with Crippen molar-refractivity contribution in [2.75, 3.05) is 18.6 Å². The van der Waals surface area contributed by atoms with E-state index in [4.69, 9.17) is 18.9 Å². The maximum Gasteiger partial charge on any atom is 0.264 e. The van der Waals surface area contributed by atoms with Crippen LogP contribution in [-0.2, 0) is 29.6 Å². The van der Waals surface area contributed by atoms with Crippen LogP contribution in [-0.4, -0.2) is 47.3 Å². The normalized spacial score (nSPS) is 13.2. The second-order valence-corrected chi connectivity index (χ2v) is 13.3. The van der Waals surface area contributed by atoms with Gasteiger partial charge in [0.05, 0.1) is 34.8 Å². The van der Waals surface area contributed by atoms with E-state index in [1.165, 1.54) is 17.7 Å². The highest BCUT2D eigenvalue weighted by atomic mass is 32.2. The summed E-state index contributed by atoms with van der Waals surface area (Å²) >= 11 is 0. The second kappa shape index (κ2) is 11.5. The van der Waals surface area contributed by atoms with Gasteiger partial charge < -0.3 is 18.9 Å². The lowest BCUT2D eigenvalue weighted by molar-refractivity contribution is -0.686. The summed E-state index contributed by atoms with van der Waals surface area (Å²) in [6.07, 6.45) is 4.70. The van der Waals surface area contributed by atoms with Crippen molar-refractivity contribution in [2.45, 2.75) is 38.3 Å². The molecule has 13 nitrogen and oxygen atoms in total. The van der Waals surface area contributed by atoms with Gasteiger partial charge in [-0.25, -0.2) is 27.8 Å². The molecular weight excluding hydrogens is 634 g/mol. The molecule has 0 spiro atoms. The van der Waals surface area contributed by atoms with Gasteiger partial charge in [0, 0.05) is 23.9 Å². The predicted molar refractivity (Wildman–Crippen MR) is 174 cm³/mol. The van der Waals surface area contributed by atoms with Crippen molar-refractivity contribution in [3.05, 3.63) is 95.7 Å². The number of aromatic nitrogens is 6. The summed E-state index contributed by atoms with van der Waals surface area (Å²) in [6, 6.07) is 18.3. The molecular formula is C34H30N7O6S+. The fourth-order valence-electron chi connectivity index (χ4n) is 6.07. The van der Waals surface area contributed by atoms with Gasteiger partial charge >= 0.3 is 0 Å². The molecule has 3 aromatic heterocycles. The number of anilines is 1. The molecule has 3 aromatic carbocycles. The van der Waals surface area contributed by atoms with Crippen LogP contribution in [0.2, 0.25) is 0 Å². The number of benzene rings is 3. The number of hydrogen-bond acceptors (Lipinski definition) is 10. The number of aryl methyl sites for hydroxylation is 4. The van der Waals surface area contributed by atoms with E-state index in [0.29, 0.717) is 34.3 Å². The number of ether oxygens (including phenoxy) is 4. The molecule has 14 heteroatoms. The van der Waals surface area contributed by atoms with E-state index < -0.39 is 10.0 Å². The van der Waals surface area contributed by atoms with Gasteiger partial charge in [-0.15, -0.1) is 5.10 Å². The molecule has 2 aliphatic rings. The number of methoxy groups -OCH3 is 1. The van der Waals surface area contributed by atoms with Gasteiger partial charge in [0.1, 0.15) is 12.3 Å². The largest absolute Gasteiger partial charge is 0.493 e. The Balaban J connectivity index is 1.02. The first kappa shape index (κ1) is 29.6. The zero-order valence-corrected chi connectivity index (χ0v) is 27.1. The topological polar surface area (TPSA) is 143 Å². The Bertz CT molecular complexity index is 2320.